The molecule has 0 saturated heterocycles. The van der Waals surface area contributed by atoms with Crippen molar-refractivity contribution in [2.24, 2.45) is 0 Å². The summed E-state index contributed by atoms with van der Waals surface area (Å²) in [5.74, 6) is 2.87. The zero-order valence-corrected chi connectivity index (χ0v) is 28.2. The highest BCUT2D eigenvalue weighted by atomic mass is 32.1. The lowest BCUT2D eigenvalue weighted by Gasteiger charge is -2.25. The molecule has 0 saturated carbocycles. The van der Waals surface area contributed by atoms with Gasteiger partial charge in [0, 0.05) is 44.1 Å². The first-order valence-electron chi connectivity index (χ1n) is 16.4. The van der Waals surface area contributed by atoms with Crippen LogP contribution in [0.3, 0.4) is 0 Å². The van der Waals surface area contributed by atoms with Crippen molar-refractivity contribution in [3.8, 4) is 28.6 Å². The smallest absolute Gasteiger partial charge is 0.290 e. The van der Waals surface area contributed by atoms with E-state index in [-0.39, 0.29) is 31.5 Å². The molecule has 0 radical (unpaired) electrons. The van der Waals surface area contributed by atoms with E-state index in [4.69, 9.17) is 29.8 Å². The van der Waals surface area contributed by atoms with Gasteiger partial charge in [-0.2, -0.15) is 0 Å². The van der Waals surface area contributed by atoms with Gasteiger partial charge in [-0.05, 0) is 61.2 Å². The number of hydrogen-bond acceptors (Lipinski definition) is 10. The molecule has 0 atom stereocenters. The third kappa shape index (κ3) is 8.14. The molecule has 0 spiro atoms. The van der Waals surface area contributed by atoms with Gasteiger partial charge in [-0.15, -0.1) is 0 Å². The first-order chi connectivity index (χ1) is 24.4. The summed E-state index contributed by atoms with van der Waals surface area (Å²) >= 11 is 1.33. The second-order valence-electron chi connectivity index (χ2n) is 11.7. The number of thiazole rings is 1. The third-order valence-corrected chi connectivity index (χ3v) is 9.40. The van der Waals surface area contributed by atoms with Gasteiger partial charge in [-0.3, -0.25) is 14.4 Å². The van der Waals surface area contributed by atoms with Gasteiger partial charge in [0.15, 0.2) is 16.6 Å². The molecule has 2 aromatic heterocycles. The van der Waals surface area contributed by atoms with E-state index < -0.39 is 0 Å². The second-order valence-corrected chi connectivity index (χ2v) is 12.8. The maximum absolute atomic E-state index is 14.0. The maximum Gasteiger partial charge on any atom is 0.290 e. The van der Waals surface area contributed by atoms with Crippen LogP contribution in [0.1, 0.15) is 35.2 Å². The third-order valence-electron chi connectivity index (χ3n) is 8.46. The standard InChI is InChI=1S/C35H36N6O5S.CH2O2/c36-35-38-28-9-4-8-27(32(28)47-35)34(43)41-14-2-1-13-39(31(42)21-24-10-11-29-30(20-24)46-23-45-29)18-19-44-26-7-3-6-25(22-26)33-37-12-17-40(33)15-5-16-41;2-1-3/h3-4,6-12,17,20,22H,1-2,5,13-16,18-19,21,23H2,(H2,36,38);1H,(H,2,3). The molecule has 4 heterocycles. The van der Waals surface area contributed by atoms with Gasteiger partial charge in [0.25, 0.3) is 12.4 Å². The number of aryl methyl sites for hydroxylation is 1. The molecule has 2 aliphatic rings. The number of nitrogen functional groups attached to an aromatic ring is 1. The normalized spacial score (nSPS) is 14.9. The van der Waals surface area contributed by atoms with E-state index in [0.29, 0.717) is 61.5 Å². The number of aromatic nitrogens is 3. The number of rotatable bonds is 3. The number of imidazole rings is 1. The molecule has 14 heteroatoms. The second kappa shape index (κ2) is 16.2. The van der Waals surface area contributed by atoms with Crippen LogP contribution in [-0.4, -0.2) is 87.3 Å². The Balaban J connectivity index is 0.00000139. The minimum Gasteiger partial charge on any atom is -0.492 e. The molecule has 0 fully saturated rings. The van der Waals surface area contributed by atoms with Crippen molar-refractivity contribution in [3.63, 3.8) is 0 Å². The number of nitrogens with zero attached hydrogens (tertiary/aromatic N) is 5. The molecule has 3 aromatic carbocycles. The van der Waals surface area contributed by atoms with E-state index in [1.165, 1.54) is 11.3 Å². The first kappa shape index (κ1) is 34.2. The van der Waals surface area contributed by atoms with Crippen LogP contribution in [0, 0.1) is 0 Å². The quantitative estimate of drug-likeness (QED) is 0.247. The summed E-state index contributed by atoms with van der Waals surface area (Å²) in [5, 5.41) is 7.33. The van der Waals surface area contributed by atoms with E-state index in [0.717, 1.165) is 52.2 Å². The van der Waals surface area contributed by atoms with Crippen LogP contribution in [0.25, 0.3) is 21.6 Å². The molecule has 0 aliphatic carbocycles. The lowest BCUT2D eigenvalue weighted by molar-refractivity contribution is -0.131. The maximum atomic E-state index is 14.0. The van der Waals surface area contributed by atoms with Crippen molar-refractivity contribution in [2.75, 3.05) is 45.3 Å². The van der Waals surface area contributed by atoms with Crippen molar-refractivity contribution in [1.29, 1.82) is 0 Å². The van der Waals surface area contributed by atoms with E-state index >= 15 is 0 Å². The van der Waals surface area contributed by atoms with E-state index in [9.17, 15) is 9.59 Å². The number of benzene rings is 3. The minimum absolute atomic E-state index is 0.00329. The van der Waals surface area contributed by atoms with Crippen LogP contribution in [-0.2, 0) is 22.6 Å². The number of carboxylic acid groups (broad SMARTS) is 1. The fourth-order valence-electron chi connectivity index (χ4n) is 6.10. The Morgan fingerprint density at radius 1 is 0.900 bits per heavy atom. The van der Waals surface area contributed by atoms with Crippen LogP contribution < -0.4 is 19.9 Å². The summed E-state index contributed by atoms with van der Waals surface area (Å²) in [4.78, 5) is 48.8. The van der Waals surface area contributed by atoms with E-state index in [2.05, 4.69) is 14.5 Å². The van der Waals surface area contributed by atoms with Gasteiger partial charge >= 0.3 is 0 Å². The van der Waals surface area contributed by atoms with Gasteiger partial charge in [-0.1, -0.05) is 35.6 Å². The Morgan fingerprint density at radius 3 is 2.54 bits per heavy atom. The molecule has 7 rings (SSSR count). The van der Waals surface area contributed by atoms with Crippen LogP contribution in [0.5, 0.6) is 17.2 Å². The number of nitrogens with two attached hydrogens (primary N) is 1. The fraction of sp³-hybridized carbons (Fsp3) is 0.306. The summed E-state index contributed by atoms with van der Waals surface area (Å²) in [5.41, 5.74) is 9.15. The van der Waals surface area contributed by atoms with Crippen LogP contribution >= 0.6 is 11.3 Å². The lowest BCUT2D eigenvalue weighted by atomic mass is 10.1. The molecular formula is C36H38N6O7S. The molecule has 50 heavy (non-hydrogen) atoms. The summed E-state index contributed by atoms with van der Waals surface area (Å²) in [6.45, 7) is 3.08. The molecule has 260 valence electrons. The van der Waals surface area contributed by atoms with E-state index in [1.807, 2.05) is 76.7 Å². The zero-order valence-electron chi connectivity index (χ0n) is 27.4. The Morgan fingerprint density at radius 2 is 1.68 bits per heavy atom. The van der Waals surface area contributed by atoms with Gasteiger partial charge in [0.1, 0.15) is 18.2 Å². The average molecular weight is 699 g/mol. The molecule has 2 aliphatic heterocycles. The summed E-state index contributed by atoms with van der Waals surface area (Å²) in [6.07, 6.45) is 6.21. The van der Waals surface area contributed by atoms with Crippen LogP contribution in [0.4, 0.5) is 5.13 Å². The topological polar surface area (TPSA) is 162 Å². The Hall–Kier alpha value is -5.63. The number of carbonyl (C=O) groups is 3. The molecular weight excluding hydrogens is 660 g/mol. The Bertz CT molecular complexity index is 1960. The van der Waals surface area contributed by atoms with Crippen LogP contribution in [0.2, 0.25) is 0 Å². The van der Waals surface area contributed by atoms with Gasteiger partial charge in [0.2, 0.25) is 12.7 Å². The molecule has 2 amide bonds. The number of fused-ring (bicyclic) bond motifs is 6. The first-order valence-corrected chi connectivity index (χ1v) is 17.2. The lowest BCUT2D eigenvalue weighted by Crippen LogP contribution is -2.37. The number of amides is 2. The number of ether oxygens (including phenoxy) is 3. The molecule has 3 N–H and O–H groups in total. The van der Waals surface area contributed by atoms with Crippen molar-refractivity contribution in [2.45, 2.75) is 32.2 Å². The Kier molecular flexibility index (Phi) is 11.1. The van der Waals surface area contributed by atoms with Gasteiger partial charge < -0.3 is 39.4 Å². The molecule has 5 aromatic rings. The molecule has 0 unspecified atom stereocenters. The predicted octanol–water partition coefficient (Wildman–Crippen LogP) is 4.95. The van der Waals surface area contributed by atoms with Crippen molar-refractivity contribution in [3.05, 3.63) is 84.2 Å². The summed E-state index contributed by atoms with van der Waals surface area (Å²) in [7, 11) is 0. The summed E-state index contributed by atoms with van der Waals surface area (Å²) in [6, 6.07) is 19.1. The number of anilines is 1. The highest BCUT2D eigenvalue weighted by Crippen LogP contribution is 2.33. The predicted molar refractivity (Wildman–Crippen MR) is 188 cm³/mol. The molecule has 2 bridgehead atoms. The van der Waals surface area contributed by atoms with Crippen LogP contribution in [0.15, 0.2) is 73.1 Å². The van der Waals surface area contributed by atoms with Gasteiger partial charge in [0.05, 0.1) is 28.7 Å². The molecule has 13 nitrogen and oxygen atoms in total. The largest absolute Gasteiger partial charge is 0.492 e. The Labute approximate surface area is 292 Å². The van der Waals surface area contributed by atoms with Crippen molar-refractivity contribution < 1.29 is 33.7 Å². The van der Waals surface area contributed by atoms with E-state index in [1.54, 1.807) is 6.20 Å². The SMILES string of the molecule is Nc1nc2cccc(C(=O)N3CCCCN(C(=O)Cc4ccc5c(c4)OCO5)CCOc4cccc(c4)-c4nccn4CCC3)c2s1.O=CO. The highest BCUT2D eigenvalue weighted by molar-refractivity contribution is 7.22. The summed E-state index contributed by atoms with van der Waals surface area (Å²) < 4.78 is 20.0. The number of carbonyl (C=O) groups excluding carboxylic acids is 2. The van der Waals surface area contributed by atoms with Gasteiger partial charge in [-0.25, -0.2) is 9.97 Å². The monoisotopic (exact) mass is 698 g/mol. The minimum atomic E-state index is -0.250. The average Bonchev–Trinajstić information content (AvgIpc) is 3.87. The van der Waals surface area contributed by atoms with Crippen molar-refractivity contribution in [1.82, 2.24) is 24.3 Å². The zero-order chi connectivity index (χ0) is 34.9. The highest BCUT2D eigenvalue weighted by Gasteiger charge is 2.22. The fourth-order valence-corrected chi connectivity index (χ4v) is 6.94. The number of hydrogen-bond donors (Lipinski definition) is 2. The van der Waals surface area contributed by atoms with Crippen molar-refractivity contribution >= 4 is 45.0 Å².